The van der Waals surface area contributed by atoms with Crippen LogP contribution in [0.5, 0.6) is 0 Å². The molecule has 0 unspecified atom stereocenters. The van der Waals surface area contributed by atoms with Crippen molar-refractivity contribution in [1.29, 1.82) is 0 Å². The highest BCUT2D eigenvalue weighted by Gasteiger charge is 2.21. The van der Waals surface area contributed by atoms with Crippen molar-refractivity contribution in [2.45, 2.75) is 19.4 Å². The summed E-state index contributed by atoms with van der Waals surface area (Å²) in [6.45, 7) is 1.88. The molecule has 166 valence electrons. The molecule has 0 saturated carbocycles. The van der Waals surface area contributed by atoms with E-state index in [-0.39, 0.29) is 13.0 Å². The Morgan fingerprint density at radius 2 is 1.91 bits per heavy atom. The highest BCUT2D eigenvalue weighted by atomic mass is 35.5. The molecule has 32 heavy (non-hydrogen) atoms. The van der Waals surface area contributed by atoms with Crippen molar-refractivity contribution in [3.05, 3.63) is 82.0 Å². The summed E-state index contributed by atoms with van der Waals surface area (Å²) in [6.07, 6.45) is 0.949. The molecule has 9 heteroatoms. The van der Waals surface area contributed by atoms with Crippen LogP contribution in [-0.4, -0.2) is 30.9 Å². The number of ether oxygens (including phenoxy) is 1. The average Bonchev–Trinajstić information content (AvgIpc) is 3.24. The highest BCUT2D eigenvalue weighted by molar-refractivity contribution is 6.35. The normalized spacial score (nSPS) is 11.8. The zero-order chi connectivity index (χ0) is 22.9. The van der Waals surface area contributed by atoms with Crippen LogP contribution in [0.1, 0.15) is 18.2 Å². The lowest BCUT2D eigenvalue weighted by molar-refractivity contribution is -0.123. The van der Waals surface area contributed by atoms with E-state index in [1.165, 1.54) is 6.21 Å². The second-order valence-electron chi connectivity index (χ2n) is 6.67. The molecule has 0 bridgehead atoms. The summed E-state index contributed by atoms with van der Waals surface area (Å²) in [5, 5.41) is 7.51. The highest BCUT2D eigenvalue weighted by Crippen LogP contribution is 2.31. The number of nitrogens with one attached hydrogen (secondary N) is 2. The third-order valence-electron chi connectivity index (χ3n) is 4.35. The Balaban J connectivity index is 1.66. The number of nitrogens with zero attached hydrogens (tertiary/aromatic N) is 1. The van der Waals surface area contributed by atoms with Crippen molar-refractivity contribution in [2.24, 2.45) is 5.10 Å². The molecule has 2 N–H and O–H groups in total. The number of furan rings is 1. The topological polar surface area (TPSA) is 92.9 Å². The Labute approximate surface area is 195 Å². The largest absolute Gasteiger partial charge is 0.455 e. The SMILES string of the molecule is CCOC(=O)N[C@H](Cc1ccccc1)C(=O)N/N=C\c1ccc(-c2cc(Cl)ccc2Cl)o1. The number of hydrazone groups is 1. The fourth-order valence-electron chi connectivity index (χ4n) is 2.86. The maximum Gasteiger partial charge on any atom is 0.407 e. The second-order valence-corrected chi connectivity index (χ2v) is 7.51. The fraction of sp³-hybridized carbons (Fsp3) is 0.174. The molecule has 0 spiro atoms. The minimum Gasteiger partial charge on any atom is -0.455 e. The van der Waals surface area contributed by atoms with Crippen LogP contribution in [0, 0.1) is 0 Å². The van der Waals surface area contributed by atoms with Crippen LogP contribution >= 0.6 is 23.2 Å². The molecule has 0 aliphatic heterocycles. The first-order valence-corrected chi connectivity index (χ1v) is 10.6. The Morgan fingerprint density at radius 1 is 1.12 bits per heavy atom. The van der Waals surface area contributed by atoms with Gasteiger partial charge in [-0.1, -0.05) is 53.5 Å². The minimum atomic E-state index is -0.869. The van der Waals surface area contributed by atoms with Crippen LogP contribution in [0.3, 0.4) is 0 Å². The number of amides is 2. The van der Waals surface area contributed by atoms with Gasteiger partial charge in [0.1, 0.15) is 17.6 Å². The number of rotatable bonds is 8. The maximum absolute atomic E-state index is 12.6. The number of carbonyl (C=O) groups excluding carboxylic acids is 2. The van der Waals surface area contributed by atoms with Gasteiger partial charge in [0.05, 0.1) is 17.8 Å². The van der Waals surface area contributed by atoms with Gasteiger partial charge >= 0.3 is 6.09 Å². The predicted molar refractivity (Wildman–Crippen MR) is 124 cm³/mol. The summed E-state index contributed by atoms with van der Waals surface area (Å²) >= 11 is 12.2. The van der Waals surface area contributed by atoms with E-state index in [1.807, 2.05) is 30.3 Å². The van der Waals surface area contributed by atoms with Gasteiger partial charge in [-0.05, 0) is 42.8 Å². The first-order valence-electron chi connectivity index (χ1n) is 9.81. The molecule has 0 radical (unpaired) electrons. The average molecular weight is 474 g/mol. The standard InChI is InChI=1S/C23H21Cl2N3O4/c1-2-31-23(30)27-20(12-15-6-4-3-5-7-15)22(29)28-26-14-17-9-11-21(32-17)18-13-16(24)8-10-19(18)25/h3-11,13-14,20H,2,12H2,1H3,(H,27,30)(H,28,29)/b26-14-/t20-/m1/s1. The Kier molecular flexibility index (Phi) is 8.30. The molecule has 1 aromatic heterocycles. The second kappa shape index (κ2) is 11.4. The molecule has 1 atom stereocenters. The van der Waals surface area contributed by atoms with Crippen molar-refractivity contribution in [3.63, 3.8) is 0 Å². The van der Waals surface area contributed by atoms with Gasteiger partial charge in [0.25, 0.3) is 5.91 Å². The molecule has 2 amide bonds. The van der Waals surface area contributed by atoms with Gasteiger partial charge in [0, 0.05) is 17.0 Å². The summed E-state index contributed by atoms with van der Waals surface area (Å²) in [7, 11) is 0. The molecule has 0 saturated heterocycles. The quantitative estimate of drug-likeness (QED) is 0.353. The van der Waals surface area contributed by atoms with Crippen molar-refractivity contribution in [2.75, 3.05) is 6.61 Å². The van der Waals surface area contributed by atoms with Crippen LogP contribution in [0.15, 0.2) is 70.2 Å². The van der Waals surface area contributed by atoms with Crippen molar-refractivity contribution < 1.29 is 18.7 Å². The molecule has 0 aliphatic carbocycles. The van der Waals surface area contributed by atoms with Crippen LogP contribution in [-0.2, 0) is 16.0 Å². The fourth-order valence-corrected chi connectivity index (χ4v) is 3.25. The van der Waals surface area contributed by atoms with Crippen LogP contribution in [0.2, 0.25) is 10.0 Å². The summed E-state index contributed by atoms with van der Waals surface area (Å²) in [5.74, 6) is 0.410. The van der Waals surface area contributed by atoms with E-state index in [2.05, 4.69) is 15.8 Å². The molecule has 0 aliphatic rings. The Hall–Kier alpha value is -3.29. The van der Waals surface area contributed by atoms with Gasteiger partial charge in [0.15, 0.2) is 0 Å². The van der Waals surface area contributed by atoms with Crippen molar-refractivity contribution in [1.82, 2.24) is 10.7 Å². The Bertz CT molecular complexity index is 1100. The maximum atomic E-state index is 12.6. The minimum absolute atomic E-state index is 0.196. The first-order chi connectivity index (χ1) is 15.5. The van der Waals surface area contributed by atoms with Gasteiger partial charge < -0.3 is 14.5 Å². The van der Waals surface area contributed by atoms with Gasteiger partial charge in [-0.25, -0.2) is 10.2 Å². The van der Waals surface area contributed by atoms with Gasteiger partial charge in [-0.15, -0.1) is 0 Å². The molecule has 3 rings (SSSR count). The smallest absolute Gasteiger partial charge is 0.407 e. The van der Waals surface area contributed by atoms with Gasteiger partial charge in [-0.3, -0.25) is 4.79 Å². The monoisotopic (exact) mass is 473 g/mol. The van der Waals surface area contributed by atoms with E-state index in [9.17, 15) is 9.59 Å². The van der Waals surface area contributed by atoms with E-state index in [1.54, 1.807) is 37.3 Å². The molecule has 0 fully saturated rings. The number of alkyl carbamates (subject to hydrolysis) is 1. The van der Waals surface area contributed by atoms with Gasteiger partial charge in [0.2, 0.25) is 0 Å². The third-order valence-corrected chi connectivity index (χ3v) is 4.92. The molecular formula is C23H21Cl2N3O4. The van der Waals surface area contributed by atoms with Crippen LogP contribution in [0.4, 0.5) is 4.79 Å². The number of carbonyl (C=O) groups is 2. The number of hydrogen-bond acceptors (Lipinski definition) is 5. The van der Waals surface area contributed by atoms with E-state index in [0.717, 1.165) is 5.56 Å². The van der Waals surface area contributed by atoms with Gasteiger partial charge in [-0.2, -0.15) is 5.10 Å². The summed E-state index contributed by atoms with van der Waals surface area (Å²) in [5.41, 5.74) is 3.94. The Morgan fingerprint density at radius 3 is 2.66 bits per heavy atom. The zero-order valence-corrected chi connectivity index (χ0v) is 18.7. The molecule has 3 aromatic rings. The molecular weight excluding hydrogens is 453 g/mol. The van der Waals surface area contributed by atoms with E-state index < -0.39 is 18.0 Å². The molecule has 2 aromatic carbocycles. The molecule has 1 heterocycles. The number of benzene rings is 2. The molecule has 7 nitrogen and oxygen atoms in total. The lowest BCUT2D eigenvalue weighted by Gasteiger charge is -2.16. The lowest BCUT2D eigenvalue weighted by atomic mass is 10.1. The van der Waals surface area contributed by atoms with E-state index >= 15 is 0 Å². The third kappa shape index (κ3) is 6.60. The van der Waals surface area contributed by atoms with Crippen molar-refractivity contribution in [3.8, 4) is 11.3 Å². The predicted octanol–water partition coefficient (Wildman–Crippen LogP) is 5.06. The first kappa shape index (κ1) is 23.4. The van der Waals surface area contributed by atoms with Crippen LogP contribution in [0.25, 0.3) is 11.3 Å². The number of halogens is 2. The van der Waals surface area contributed by atoms with Crippen molar-refractivity contribution >= 4 is 41.4 Å². The zero-order valence-electron chi connectivity index (χ0n) is 17.2. The lowest BCUT2D eigenvalue weighted by Crippen LogP contribution is -2.47. The summed E-state index contributed by atoms with van der Waals surface area (Å²) < 4.78 is 10.6. The van der Waals surface area contributed by atoms with E-state index in [4.69, 9.17) is 32.4 Å². The van der Waals surface area contributed by atoms with E-state index in [0.29, 0.717) is 27.1 Å². The summed E-state index contributed by atoms with van der Waals surface area (Å²) in [4.78, 5) is 24.5. The van der Waals surface area contributed by atoms with Crippen LogP contribution < -0.4 is 10.7 Å². The summed E-state index contributed by atoms with van der Waals surface area (Å²) in [6, 6.07) is 16.9. The number of hydrogen-bond donors (Lipinski definition) is 2.